The van der Waals surface area contributed by atoms with Gasteiger partial charge >= 0.3 is 11.9 Å². The van der Waals surface area contributed by atoms with Crippen LogP contribution in [-0.2, 0) is 19.1 Å². The van der Waals surface area contributed by atoms with Crippen LogP contribution in [0.2, 0.25) is 0 Å². The van der Waals surface area contributed by atoms with Crippen molar-refractivity contribution in [3.63, 3.8) is 0 Å². The van der Waals surface area contributed by atoms with Crippen molar-refractivity contribution in [2.45, 2.75) is 26.7 Å². The van der Waals surface area contributed by atoms with Crippen molar-refractivity contribution in [1.82, 2.24) is 4.57 Å². The molecule has 2 heterocycles. The van der Waals surface area contributed by atoms with Gasteiger partial charge in [-0.15, -0.1) is 0 Å². The molecular formula is C27H24N2O7. The number of amides is 2. The number of ether oxygens (including phenoxy) is 2. The molecule has 0 bridgehead atoms. The van der Waals surface area contributed by atoms with Crippen LogP contribution in [0.1, 0.15) is 55.3 Å². The van der Waals surface area contributed by atoms with Crippen LogP contribution in [0.3, 0.4) is 0 Å². The van der Waals surface area contributed by atoms with E-state index >= 15 is 0 Å². The first-order valence-electron chi connectivity index (χ1n) is 11.2. The second kappa shape index (κ2) is 9.99. The van der Waals surface area contributed by atoms with Crippen LogP contribution in [0.25, 0.3) is 5.69 Å². The highest BCUT2D eigenvalue weighted by Crippen LogP contribution is 2.24. The lowest BCUT2D eigenvalue weighted by Crippen LogP contribution is -2.28. The summed E-state index contributed by atoms with van der Waals surface area (Å²) in [4.78, 5) is 61.8. The standard InChI is InChI=1S/C27H24N2O7/c1-16-14-22(17(2)28(16)20-8-4-18(5-9-20)26(33)35-3)23(30)15-36-27(34)19-6-10-21(11-7-19)29-24(31)12-13-25(29)32/h4-11,14H,12-13,15H2,1-3H3. The number of nitrogens with zero attached hydrogens (tertiary/aromatic N) is 2. The Kier molecular flexibility index (Phi) is 6.82. The number of rotatable bonds is 7. The minimum absolute atomic E-state index is 0.171. The number of anilines is 1. The summed E-state index contributed by atoms with van der Waals surface area (Å²) in [5.41, 5.74) is 3.66. The van der Waals surface area contributed by atoms with Gasteiger partial charge in [0, 0.05) is 35.5 Å². The lowest BCUT2D eigenvalue weighted by atomic mass is 10.1. The predicted molar refractivity (Wildman–Crippen MR) is 129 cm³/mol. The van der Waals surface area contributed by atoms with Gasteiger partial charge in [0.1, 0.15) is 0 Å². The van der Waals surface area contributed by atoms with Crippen molar-refractivity contribution in [1.29, 1.82) is 0 Å². The van der Waals surface area contributed by atoms with Crippen LogP contribution in [0.4, 0.5) is 5.69 Å². The molecule has 0 atom stereocenters. The first-order chi connectivity index (χ1) is 17.2. The van der Waals surface area contributed by atoms with E-state index in [1.165, 1.54) is 31.4 Å². The van der Waals surface area contributed by atoms with Crippen molar-refractivity contribution >= 4 is 35.2 Å². The van der Waals surface area contributed by atoms with Gasteiger partial charge in [0.15, 0.2) is 6.61 Å². The smallest absolute Gasteiger partial charge is 0.338 e. The second-order valence-corrected chi connectivity index (χ2v) is 8.33. The first-order valence-corrected chi connectivity index (χ1v) is 11.2. The molecule has 1 aliphatic rings. The molecule has 1 saturated heterocycles. The number of imide groups is 1. The zero-order valence-corrected chi connectivity index (χ0v) is 20.1. The molecule has 2 aromatic carbocycles. The number of benzene rings is 2. The Bertz CT molecular complexity index is 1350. The quantitative estimate of drug-likeness (QED) is 0.284. The Morgan fingerprint density at radius 2 is 1.33 bits per heavy atom. The molecule has 1 fully saturated rings. The van der Waals surface area contributed by atoms with Gasteiger partial charge in [-0.05, 0) is 68.4 Å². The fraction of sp³-hybridized carbons (Fsp3) is 0.222. The average Bonchev–Trinajstić information content (AvgIpc) is 3.38. The van der Waals surface area contributed by atoms with E-state index in [9.17, 15) is 24.0 Å². The summed E-state index contributed by atoms with van der Waals surface area (Å²) in [7, 11) is 1.31. The largest absolute Gasteiger partial charge is 0.465 e. The number of Topliss-reactive ketones (excluding diaryl/α,β-unsaturated/α-hetero) is 1. The molecule has 0 saturated carbocycles. The molecule has 3 aromatic rings. The number of carbonyl (C=O) groups is 5. The number of methoxy groups -OCH3 is 1. The lowest BCUT2D eigenvalue weighted by Gasteiger charge is -2.14. The van der Waals surface area contributed by atoms with Gasteiger partial charge in [-0.1, -0.05) is 0 Å². The number of aromatic nitrogens is 1. The second-order valence-electron chi connectivity index (χ2n) is 8.33. The summed E-state index contributed by atoms with van der Waals surface area (Å²) >= 11 is 0. The van der Waals surface area contributed by atoms with E-state index in [1.807, 2.05) is 11.5 Å². The Labute approximate surface area is 207 Å². The van der Waals surface area contributed by atoms with Gasteiger partial charge in [-0.25, -0.2) is 9.59 Å². The highest BCUT2D eigenvalue weighted by molar-refractivity contribution is 6.19. The van der Waals surface area contributed by atoms with Crippen LogP contribution in [0.5, 0.6) is 0 Å². The maximum atomic E-state index is 12.8. The molecule has 2 amide bonds. The lowest BCUT2D eigenvalue weighted by molar-refractivity contribution is -0.121. The number of esters is 2. The maximum Gasteiger partial charge on any atom is 0.338 e. The van der Waals surface area contributed by atoms with E-state index in [1.54, 1.807) is 37.3 Å². The van der Waals surface area contributed by atoms with E-state index in [-0.39, 0.29) is 36.0 Å². The molecule has 0 spiro atoms. The third kappa shape index (κ3) is 4.68. The molecule has 9 nitrogen and oxygen atoms in total. The maximum absolute atomic E-state index is 12.8. The van der Waals surface area contributed by atoms with Crippen molar-refractivity contribution in [2.24, 2.45) is 0 Å². The topological polar surface area (TPSA) is 112 Å². The molecule has 0 unspecified atom stereocenters. The van der Waals surface area contributed by atoms with Crippen molar-refractivity contribution < 1.29 is 33.4 Å². The minimum Gasteiger partial charge on any atom is -0.465 e. The molecule has 184 valence electrons. The Balaban J connectivity index is 1.43. The summed E-state index contributed by atoms with van der Waals surface area (Å²) in [5.74, 6) is -2.05. The molecule has 1 aliphatic heterocycles. The number of carbonyl (C=O) groups excluding carboxylic acids is 5. The SMILES string of the molecule is COC(=O)c1ccc(-n2c(C)cc(C(=O)COC(=O)c3ccc(N4C(=O)CCC4=O)cc3)c2C)cc1. The van der Waals surface area contributed by atoms with Gasteiger partial charge in [0.2, 0.25) is 17.6 Å². The number of hydrogen-bond acceptors (Lipinski definition) is 7. The van der Waals surface area contributed by atoms with E-state index in [4.69, 9.17) is 9.47 Å². The van der Waals surface area contributed by atoms with Crippen molar-refractivity contribution in [3.8, 4) is 5.69 Å². The summed E-state index contributed by atoms with van der Waals surface area (Å²) in [6.07, 6.45) is 0.342. The minimum atomic E-state index is -0.693. The fourth-order valence-corrected chi connectivity index (χ4v) is 4.21. The van der Waals surface area contributed by atoms with Crippen LogP contribution >= 0.6 is 0 Å². The van der Waals surface area contributed by atoms with Crippen LogP contribution in [0, 0.1) is 13.8 Å². The van der Waals surface area contributed by atoms with E-state index < -0.39 is 18.5 Å². The Morgan fingerprint density at radius 1 is 0.806 bits per heavy atom. The molecule has 0 radical (unpaired) electrons. The number of aryl methyl sites for hydroxylation is 1. The highest BCUT2D eigenvalue weighted by Gasteiger charge is 2.30. The molecule has 0 aliphatic carbocycles. The summed E-state index contributed by atoms with van der Waals surface area (Å²) in [5, 5.41) is 0. The first kappa shape index (κ1) is 24.6. The zero-order chi connectivity index (χ0) is 26.0. The fourth-order valence-electron chi connectivity index (χ4n) is 4.21. The molecule has 0 N–H and O–H groups in total. The van der Waals surface area contributed by atoms with E-state index in [0.29, 0.717) is 22.5 Å². The Hall–Kier alpha value is -4.53. The zero-order valence-electron chi connectivity index (χ0n) is 20.1. The molecule has 36 heavy (non-hydrogen) atoms. The molecular weight excluding hydrogens is 464 g/mol. The predicted octanol–water partition coefficient (Wildman–Crippen LogP) is 3.57. The van der Waals surface area contributed by atoms with Crippen LogP contribution in [-0.4, -0.2) is 47.8 Å². The Morgan fingerprint density at radius 3 is 1.89 bits per heavy atom. The van der Waals surface area contributed by atoms with Gasteiger partial charge in [0.25, 0.3) is 0 Å². The third-order valence-electron chi connectivity index (χ3n) is 6.03. The highest BCUT2D eigenvalue weighted by atomic mass is 16.5. The average molecular weight is 488 g/mol. The summed E-state index contributed by atoms with van der Waals surface area (Å²) < 4.78 is 11.8. The van der Waals surface area contributed by atoms with E-state index in [0.717, 1.165) is 16.3 Å². The normalized spacial score (nSPS) is 13.1. The number of hydrogen-bond donors (Lipinski definition) is 0. The molecule has 9 heteroatoms. The van der Waals surface area contributed by atoms with Gasteiger partial charge in [-0.3, -0.25) is 19.3 Å². The van der Waals surface area contributed by atoms with Crippen LogP contribution < -0.4 is 4.90 Å². The van der Waals surface area contributed by atoms with Crippen molar-refractivity contribution in [3.05, 3.63) is 82.7 Å². The van der Waals surface area contributed by atoms with Gasteiger partial charge in [0.05, 0.1) is 23.9 Å². The van der Waals surface area contributed by atoms with Crippen LogP contribution in [0.15, 0.2) is 54.6 Å². The summed E-state index contributed by atoms with van der Waals surface area (Å²) in [6, 6.07) is 14.4. The van der Waals surface area contributed by atoms with Gasteiger partial charge < -0.3 is 14.0 Å². The summed E-state index contributed by atoms with van der Waals surface area (Å²) in [6.45, 7) is 3.19. The number of ketones is 1. The van der Waals surface area contributed by atoms with Gasteiger partial charge in [-0.2, -0.15) is 0 Å². The monoisotopic (exact) mass is 488 g/mol. The molecule has 1 aromatic heterocycles. The molecule has 4 rings (SSSR count). The van der Waals surface area contributed by atoms with E-state index in [2.05, 4.69) is 0 Å². The third-order valence-corrected chi connectivity index (χ3v) is 6.03. The van der Waals surface area contributed by atoms with Crippen molar-refractivity contribution in [2.75, 3.05) is 18.6 Å².